The Morgan fingerprint density at radius 1 is 0.964 bits per heavy atom. The van der Waals surface area contributed by atoms with Gasteiger partial charge in [0.05, 0.1) is 0 Å². The second-order valence-electron chi connectivity index (χ2n) is 6.56. The quantitative estimate of drug-likeness (QED) is 0.485. The zero-order valence-electron chi connectivity index (χ0n) is 15.6. The van der Waals surface area contributed by atoms with Crippen molar-refractivity contribution in [2.24, 2.45) is 0 Å². The minimum atomic E-state index is 0.670. The first-order chi connectivity index (χ1) is 13.8. The summed E-state index contributed by atoms with van der Waals surface area (Å²) in [6, 6.07) is 12.0. The number of aryl methyl sites for hydroxylation is 1. The van der Waals surface area contributed by atoms with Crippen LogP contribution in [0.4, 0.5) is 0 Å². The van der Waals surface area contributed by atoms with Crippen LogP contribution in [0.5, 0.6) is 0 Å². The van der Waals surface area contributed by atoms with Crippen LogP contribution in [0.3, 0.4) is 0 Å². The lowest BCUT2D eigenvalue weighted by atomic mass is 10.1. The summed E-state index contributed by atoms with van der Waals surface area (Å²) in [5.74, 6) is 2.26. The Balaban J connectivity index is 1.27. The van der Waals surface area contributed by atoms with Crippen LogP contribution >= 0.6 is 0 Å². The van der Waals surface area contributed by atoms with E-state index in [-0.39, 0.29) is 0 Å². The predicted octanol–water partition coefficient (Wildman–Crippen LogP) is 2.96. The Labute approximate surface area is 163 Å². The van der Waals surface area contributed by atoms with E-state index < -0.39 is 0 Å². The number of aromatic amines is 1. The molecule has 7 heteroatoms. The summed E-state index contributed by atoms with van der Waals surface area (Å²) in [4.78, 5) is 17.6. The molecule has 2 N–H and O–H groups in total. The molecule has 0 saturated carbocycles. The van der Waals surface area contributed by atoms with E-state index in [1.54, 1.807) is 12.4 Å². The molecule has 4 aromatic rings. The van der Waals surface area contributed by atoms with Crippen LogP contribution in [0.25, 0.3) is 22.8 Å². The molecule has 0 aliphatic carbocycles. The summed E-state index contributed by atoms with van der Waals surface area (Å²) in [6.45, 7) is 3.55. The van der Waals surface area contributed by atoms with Crippen molar-refractivity contribution in [1.29, 1.82) is 0 Å². The van der Waals surface area contributed by atoms with Crippen LogP contribution in [0.15, 0.2) is 61.2 Å². The molecule has 0 unspecified atom stereocenters. The number of hydrogen-bond donors (Lipinski definition) is 2. The summed E-state index contributed by atoms with van der Waals surface area (Å²) in [5.41, 5.74) is 4.19. The summed E-state index contributed by atoms with van der Waals surface area (Å²) in [7, 11) is 0. The molecule has 0 fully saturated rings. The van der Waals surface area contributed by atoms with Gasteiger partial charge in [-0.3, -0.25) is 10.1 Å². The maximum Gasteiger partial charge on any atom is 0.182 e. The number of benzene rings is 1. The highest BCUT2D eigenvalue weighted by molar-refractivity contribution is 5.55. The molecule has 3 heterocycles. The normalized spacial score (nSPS) is 10.9. The Hall–Kier alpha value is -3.45. The summed E-state index contributed by atoms with van der Waals surface area (Å²) < 4.78 is 0. The molecule has 0 aliphatic rings. The third-order valence-electron chi connectivity index (χ3n) is 4.30. The van der Waals surface area contributed by atoms with Crippen LogP contribution < -0.4 is 5.32 Å². The number of pyridine rings is 1. The average Bonchev–Trinajstić information content (AvgIpc) is 3.21. The molecule has 0 saturated heterocycles. The number of nitrogens with zero attached hydrogens (tertiary/aromatic N) is 5. The van der Waals surface area contributed by atoms with Gasteiger partial charge < -0.3 is 5.32 Å². The first kappa shape index (κ1) is 17.9. The van der Waals surface area contributed by atoms with E-state index >= 15 is 0 Å². The summed E-state index contributed by atoms with van der Waals surface area (Å²) in [5, 5.41) is 10.6. The highest BCUT2D eigenvalue weighted by Crippen LogP contribution is 2.15. The molecule has 1 aromatic carbocycles. The van der Waals surface area contributed by atoms with Gasteiger partial charge in [0, 0.05) is 61.0 Å². The fourth-order valence-electron chi connectivity index (χ4n) is 2.85. The lowest BCUT2D eigenvalue weighted by molar-refractivity contribution is 0.668. The predicted molar refractivity (Wildman–Crippen MR) is 107 cm³/mol. The second-order valence-corrected chi connectivity index (χ2v) is 6.56. The van der Waals surface area contributed by atoms with Gasteiger partial charge >= 0.3 is 0 Å². The standard InChI is InChI=1S/C21H21N7/c1-15-4-2-5-17(10-15)20-24-12-16(13-25-20)11-23-9-7-19-26-21(28-27-19)18-6-3-8-22-14-18/h2-6,8,10,12-14,23H,7,9,11H2,1H3,(H,26,27,28). The average molecular weight is 371 g/mol. The third kappa shape index (κ3) is 4.44. The van der Waals surface area contributed by atoms with E-state index in [1.807, 2.05) is 36.7 Å². The van der Waals surface area contributed by atoms with Gasteiger partial charge in [-0.05, 0) is 25.1 Å². The van der Waals surface area contributed by atoms with Crippen molar-refractivity contribution in [1.82, 2.24) is 35.5 Å². The molecule has 0 radical (unpaired) electrons. The SMILES string of the molecule is Cc1cccc(-c2ncc(CNCCc3nc(-c4cccnc4)n[nH]3)cn2)c1. The molecule has 0 amide bonds. The maximum atomic E-state index is 4.51. The molecule has 28 heavy (non-hydrogen) atoms. The molecule has 0 spiro atoms. The number of hydrogen-bond acceptors (Lipinski definition) is 6. The highest BCUT2D eigenvalue weighted by Gasteiger charge is 2.06. The molecule has 7 nitrogen and oxygen atoms in total. The Kier molecular flexibility index (Phi) is 5.44. The monoisotopic (exact) mass is 371 g/mol. The minimum absolute atomic E-state index is 0.670. The smallest absolute Gasteiger partial charge is 0.182 e. The van der Waals surface area contributed by atoms with Gasteiger partial charge in [0.25, 0.3) is 0 Å². The second kappa shape index (κ2) is 8.49. The zero-order valence-corrected chi connectivity index (χ0v) is 15.6. The summed E-state index contributed by atoms with van der Waals surface area (Å²) in [6.07, 6.45) is 7.98. The first-order valence-corrected chi connectivity index (χ1v) is 9.18. The lowest BCUT2D eigenvalue weighted by Gasteiger charge is -2.05. The van der Waals surface area contributed by atoms with Crippen molar-refractivity contribution in [2.45, 2.75) is 19.9 Å². The molecule has 4 rings (SSSR count). The highest BCUT2D eigenvalue weighted by atomic mass is 15.2. The van der Waals surface area contributed by atoms with Gasteiger partial charge in [-0.25, -0.2) is 15.0 Å². The Morgan fingerprint density at radius 3 is 2.61 bits per heavy atom. The van der Waals surface area contributed by atoms with E-state index in [2.05, 4.69) is 54.5 Å². The van der Waals surface area contributed by atoms with E-state index in [0.717, 1.165) is 41.3 Å². The van der Waals surface area contributed by atoms with Crippen LogP contribution in [0, 0.1) is 6.92 Å². The van der Waals surface area contributed by atoms with Crippen molar-refractivity contribution in [3.8, 4) is 22.8 Å². The molecule has 140 valence electrons. The minimum Gasteiger partial charge on any atom is -0.312 e. The molecule has 3 aromatic heterocycles. The topological polar surface area (TPSA) is 92.3 Å². The van der Waals surface area contributed by atoms with Crippen LogP contribution in [-0.4, -0.2) is 36.7 Å². The van der Waals surface area contributed by atoms with Gasteiger partial charge in [-0.2, -0.15) is 5.10 Å². The fourth-order valence-corrected chi connectivity index (χ4v) is 2.85. The van der Waals surface area contributed by atoms with Crippen LogP contribution in [0.2, 0.25) is 0 Å². The number of H-pyrrole nitrogens is 1. The number of rotatable bonds is 7. The molecular formula is C21H21N7. The van der Waals surface area contributed by atoms with Crippen LogP contribution in [0.1, 0.15) is 17.0 Å². The van der Waals surface area contributed by atoms with E-state index in [0.29, 0.717) is 12.4 Å². The van der Waals surface area contributed by atoms with Crippen molar-refractivity contribution in [3.05, 3.63) is 78.1 Å². The number of nitrogens with one attached hydrogen (secondary N) is 2. The van der Waals surface area contributed by atoms with E-state index in [4.69, 9.17) is 0 Å². The van der Waals surface area contributed by atoms with Gasteiger partial charge in [0.15, 0.2) is 11.6 Å². The number of aromatic nitrogens is 6. The first-order valence-electron chi connectivity index (χ1n) is 9.18. The Bertz CT molecular complexity index is 1030. The maximum absolute atomic E-state index is 4.51. The van der Waals surface area contributed by atoms with Gasteiger partial charge in [0.1, 0.15) is 5.82 Å². The van der Waals surface area contributed by atoms with Gasteiger partial charge in [-0.15, -0.1) is 0 Å². The Morgan fingerprint density at radius 2 is 1.82 bits per heavy atom. The van der Waals surface area contributed by atoms with E-state index in [9.17, 15) is 0 Å². The van der Waals surface area contributed by atoms with Crippen molar-refractivity contribution >= 4 is 0 Å². The molecule has 0 atom stereocenters. The fraction of sp³-hybridized carbons (Fsp3) is 0.190. The summed E-state index contributed by atoms with van der Waals surface area (Å²) >= 11 is 0. The van der Waals surface area contributed by atoms with Crippen molar-refractivity contribution < 1.29 is 0 Å². The van der Waals surface area contributed by atoms with E-state index in [1.165, 1.54) is 5.56 Å². The van der Waals surface area contributed by atoms with Gasteiger partial charge in [-0.1, -0.05) is 23.8 Å². The largest absolute Gasteiger partial charge is 0.312 e. The van der Waals surface area contributed by atoms with Crippen molar-refractivity contribution in [3.63, 3.8) is 0 Å². The van der Waals surface area contributed by atoms with Gasteiger partial charge in [0.2, 0.25) is 0 Å². The lowest BCUT2D eigenvalue weighted by Crippen LogP contribution is -2.17. The zero-order chi connectivity index (χ0) is 19.2. The van der Waals surface area contributed by atoms with Crippen molar-refractivity contribution in [2.75, 3.05) is 6.54 Å². The molecule has 0 bridgehead atoms. The molecule has 0 aliphatic heterocycles. The van der Waals surface area contributed by atoms with Crippen LogP contribution in [-0.2, 0) is 13.0 Å². The molecular weight excluding hydrogens is 350 g/mol. The third-order valence-corrected chi connectivity index (χ3v) is 4.30.